The van der Waals surface area contributed by atoms with Crippen LogP contribution >= 0.6 is 15.9 Å². The molecule has 0 unspecified atom stereocenters. The number of pyridine rings is 1. The van der Waals surface area contributed by atoms with E-state index >= 15 is 0 Å². The normalized spacial score (nSPS) is 10.6. The number of hydrogen-bond acceptors (Lipinski definition) is 3. The van der Waals surface area contributed by atoms with E-state index in [4.69, 9.17) is 4.74 Å². The van der Waals surface area contributed by atoms with E-state index in [9.17, 15) is 0 Å². The van der Waals surface area contributed by atoms with E-state index in [0.717, 1.165) is 27.0 Å². The van der Waals surface area contributed by atoms with Crippen LogP contribution in [-0.2, 0) is 6.61 Å². The molecule has 0 radical (unpaired) electrons. The number of fused-ring (bicyclic) bond motifs is 1. The minimum absolute atomic E-state index is 0.456. The van der Waals surface area contributed by atoms with Gasteiger partial charge in [-0.3, -0.25) is 4.98 Å². The van der Waals surface area contributed by atoms with Gasteiger partial charge >= 0.3 is 0 Å². The molecule has 2 aromatic carbocycles. The Balaban J connectivity index is 1.77. The average Bonchev–Trinajstić information content (AvgIpc) is 2.53. The SMILES string of the molecule is CNc1ccnc(COc2ccc3cc(Br)ccc3c2)c1. The van der Waals surface area contributed by atoms with Crippen molar-refractivity contribution in [3.05, 3.63) is 64.9 Å². The van der Waals surface area contributed by atoms with Crippen molar-refractivity contribution in [1.29, 1.82) is 0 Å². The fourth-order valence-electron chi connectivity index (χ4n) is 2.15. The van der Waals surface area contributed by atoms with E-state index in [1.54, 1.807) is 6.20 Å². The average molecular weight is 343 g/mol. The third-order valence-corrected chi connectivity index (χ3v) is 3.76. The van der Waals surface area contributed by atoms with Crippen LogP contribution in [0, 0.1) is 0 Å². The Morgan fingerprint density at radius 2 is 1.86 bits per heavy atom. The molecule has 0 aliphatic heterocycles. The van der Waals surface area contributed by atoms with Gasteiger partial charge in [0.2, 0.25) is 0 Å². The predicted molar refractivity (Wildman–Crippen MR) is 89.8 cm³/mol. The summed E-state index contributed by atoms with van der Waals surface area (Å²) in [4.78, 5) is 4.31. The van der Waals surface area contributed by atoms with Crippen molar-refractivity contribution in [3.63, 3.8) is 0 Å². The maximum atomic E-state index is 5.83. The van der Waals surface area contributed by atoms with Crippen LogP contribution < -0.4 is 10.1 Å². The fraction of sp³-hybridized carbons (Fsp3) is 0.118. The van der Waals surface area contributed by atoms with Gasteiger partial charge in [-0.1, -0.05) is 28.1 Å². The van der Waals surface area contributed by atoms with Gasteiger partial charge in [0.05, 0.1) is 5.69 Å². The molecule has 3 aromatic rings. The summed E-state index contributed by atoms with van der Waals surface area (Å²) in [6.07, 6.45) is 1.78. The highest BCUT2D eigenvalue weighted by Gasteiger charge is 2.01. The van der Waals surface area contributed by atoms with Gasteiger partial charge in [-0.2, -0.15) is 0 Å². The maximum absolute atomic E-state index is 5.83. The molecule has 1 heterocycles. The van der Waals surface area contributed by atoms with E-state index in [1.165, 1.54) is 5.39 Å². The van der Waals surface area contributed by atoms with Crippen molar-refractivity contribution >= 4 is 32.4 Å². The summed E-state index contributed by atoms with van der Waals surface area (Å²) in [7, 11) is 1.89. The van der Waals surface area contributed by atoms with Crippen molar-refractivity contribution in [2.75, 3.05) is 12.4 Å². The van der Waals surface area contributed by atoms with Crippen LogP contribution in [-0.4, -0.2) is 12.0 Å². The second-order valence-electron chi connectivity index (χ2n) is 4.73. The number of rotatable bonds is 4. The van der Waals surface area contributed by atoms with Crippen LogP contribution in [0.15, 0.2) is 59.2 Å². The smallest absolute Gasteiger partial charge is 0.130 e. The lowest BCUT2D eigenvalue weighted by molar-refractivity contribution is 0.302. The van der Waals surface area contributed by atoms with Gasteiger partial charge in [0, 0.05) is 23.4 Å². The number of hydrogen-bond donors (Lipinski definition) is 1. The first-order chi connectivity index (χ1) is 10.2. The monoisotopic (exact) mass is 342 g/mol. The molecule has 0 saturated carbocycles. The summed E-state index contributed by atoms with van der Waals surface area (Å²) in [6.45, 7) is 0.456. The van der Waals surface area contributed by atoms with Crippen LogP contribution in [0.25, 0.3) is 10.8 Å². The Morgan fingerprint density at radius 3 is 2.71 bits per heavy atom. The molecule has 0 amide bonds. The first-order valence-electron chi connectivity index (χ1n) is 6.69. The summed E-state index contributed by atoms with van der Waals surface area (Å²) in [5.41, 5.74) is 1.93. The summed E-state index contributed by atoms with van der Waals surface area (Å²) in [6, 6.07) is 16.2. The van der Waals surface area contributed by atoms with Crippen LogP contribution in [0.3, 0.4) is 0 Å². The van der Waals surface area contributed by atoms with E-state index in [2.05, 4.69) is 44.4 Å². The van der Waals surface area contributed by atoms with Crippen LogP contribution in [0.4, 0.5) is 5.69 Å². The Hall–Kier alpha value is -2.07. The first-order valence-corrected chi connectivity index (χ1v) is 7.49. The van der Waals surface area contributed by atoms with E-state index in [-0.39, 0.29) is 0 Å². The molecular weight excluding hydrogens is 328 g/mol. The van der Waals surface area contributed by atoms with Gasteiger partial charge in [-0.05, 0) is 47.2 Å². The zero-order valence-corrected chi connectivity index (χ0v) is 13.2. The molecule has 21 heavy (non-hydrogen) atoms. The molecule has 0 fully saturated rings. The molecular formula is C17H15BrN2O. The van der Waals surface area contributed by atoms with E-state index < -0.39 is 0 Å². The van der Waals surface area contributed by atoms with E-state index in [0.29, 0.717) is 6.61 Å². The van der Waals surface area contributed by atoms with Crippen molar-refractivity contribution in [2.24, 2.45) is 0 Å². The lowest BCUT2D eigenvalue weighted by Crippen LogP contribution is -1.99. The topological polar surface area (TPSA) is 34.2 Å². The molecule has 1 N–H and O–H groups in total. The van der Waals surface area contributed by atoms with Gasteiger partial charge in [0.1, 0.15) is 12.4 Å². The van der Waals surface area contributed by atoms with Gasteiger partial charge in [0.25, 0.3) is 0 Å². The highest BCUT2D eigenvalue weighted by Crippen LogP contribution is 2.24. The second-order valence-corrected chi connectivity index (χ2v) is 5.64. The van der Waals surface area contributed by atoms with Gasteiger partial charge < -0.3 is 10.1 Å². The summed E-state index contributed by atoms with van der Waals surface area (Å²) >= 11 is 3.48. The third kappa shape index (κ3) is 3.34. The Kier molecular flexibility index (Phi) is 4.06. The van der Waals surface area contributed by atoms with Crippen molar-refractivity contribution in [3.8, 4) is 5.75 Å². The van der Waals surface area contributed by atoms with Crippen LogP contribution in [0.5, 0.6) is 5.75 Å². The Morgan fingerprint density at radius 1 is 1.05 bits per heavy atom. The number of nitrogens with one attached hydrogen (secondary N) is 1. The highest BCUT2D eigenvalue weighted by atomic mass is 79.9. The van der Waals surface area contributed by atoms with Crippen LogP contribution in [0.1, 0.15) is 5.69 Å². The molecule has 0 atom stereocenters. The van der Waals surface area contributed by atoms with Gasteiger partial charge in [0.15, 0.2) is 0 Å². The standard InChI is InChI=1S/C17H15BrN2O/c1-19-15-6-7-20-16(10-15)11-21-17-5-3-12-8-14(18)4-2-13(12)9-17/h2-10H,11H2,1H3,(H,19,20). The van der Waals surface area contributed by atoms with Crippen molar-refractivity contribution in [1.82, 2.24) is 4.98 Å². The largest absolute Gasteiger partial charge is 0.487 e. The van der Waals surface area contributed by atoms with E-state index in [1.807, 2.05) is 37.4 Å². The van der Waals surface area contributed by atoms with Crippen molar-refractivity contribution < 1.29 is 4.74 Å². The minimum atomic E-state index is 0.456. The molecule has 3 rings (SSSR count). The Bertz CT molecular complexity index is 774. The predicted octanol–water partition coefficient (Wildman–Crippen LogP) is 4.62. The summed E-state index contributed by atoms with van der Waals surface area (Å²) in [5.74, 6) is 0.849. The molecule has 0 bridgehead atoms. The van der Waals surface area contributed by atoms with Crippen LogP contribution in [0.2, 0.25) is 0 Å². The van der Waals surface area contributed by atoms with Gasteiger partial charge in [-0.15, -0.1) is 0 Å². The molecule has 4 heteroatoms. The lowest BCUT2D eigenvalue weighted by Gasteiger charge is -2.08. The lowest BCUT2D eigenvalue weighted by atomic mass is 10.1. The highest BCUT2D eigenvalue weighted by molar-refractivity contribution is 9.10. The molecule has 0 spiro atoms. The first kappa shape index (κ1) is 13.9. The number of ether oxygens (including phenoxy) is 1. The second kappa shape index (κ2) is 6.14. The fourth-order valence-corrected chi connectivity index (χ4v) is 2.53. The quantitative estimate of drug-likeness (QED) is 0.751. The zero-order valence-electron chi connectivity index (χ0n) is 11.6. The zero-order chi connectivity index (χ0) is 14.7. The molecule has 0 saturated heterocycles. The summed E-state index contributed by atoms with van der Waals surface area (Å²) < 4.78 is 6.91. The summed E-state index contributed by atoms with van der Waals surface area (Å²) in [5, 5.41) is 5.44. The third-order valence-electron chi connectivity index (χ3n) is 3.27. The number of benzene rings is 2. The number of aromatic nitrogens is 1. The van der Waals surface area contributed by atoms with Gasteiger partial charge in [-0.25, -0.2) is 0 Å². The Labute approximate surface area is 132 Å². The molecule has 0 aliphatic rings. The molecule has 0 aliphatic carbocycles. The number of halogens is 1. The van der Waals surface area contributed by atoms with Crippen molar-refractivity contribution in [2.45, 2.75) is 6.61 Å². The molecule has 1 aromatic heterocycles. The number of nitrogens with zero attached hydrogens (tertiary/aromatic N) is 1. The number of anilines is 1. The molecule has 106 valence electrons. The maximum Gasteiger partial charge on any atom is 0.130 e. The molecule has 3 nitrogen and oxygen atoms in total. The minimum Gasteiger partial charge on any atom is -0.487 e.